The molecule has 0 spiro atoms. The van der Waals surface area contributed by atoms with Crippen molar-refractivity contribution in [2.75, 3.05) is 51.5 Å². The molecule has 106 valence electrons. The van der Waals surface area contributed by atoms with Gasteiger partial charge in [-0.25, -0.2) is 0 Å². The maximum Gasteiger partial charge on any atom is 0.240 e. The van der Waals surface area contributed by atoms with Gasteiger partial charge >= 0.3 is 0 Å². The predicted molar refractivity (Wildman–Crippen MR) is 78.3 cm³/mol. The molecule has 1 rings (SSSR count). The fourth-order valence-corrected chi connectivity index (χ4v) is 1.74. The number of hydrogen-bond donors (Lipinski definition) is 1. The molecule has 2 N–H and O–H groups in total. The zero-order valence-electron chi connectivity index (χ0n) is 11.9. The molecule has 0 saturated carbocycles. The summed E-state index contributed by atoms with van der Waals surface area (Å²) in [4.78, 5) is 15.7. The van der Waals surface area contributed by atoms with Gasteiger partial charge < -0.3 is 15.4 Å². The van der Waals surface area contributed by atoms with E-state index >= 15 is 0 Å². The Bertz CT molecular complexity index is 392. The number of ether oxygens (including phenoxy) is 1. The fraction of sp³-hybridized carbons (Fsp3) is 0.500. The zero-order valence-corrected chi connectivity index (χ0v) is 11.9. The van der Waals surface area contributed by atoms with Crippen LogP contribution in [0.4, 0.5) is 11.4 Å². The van der Waals surface area contributed by atoms with Crippen molar-refractivity contribution in [2.45, 2.75) is 6.42 Å². The molecular weight excluding hydrogens is 242 g/mol. The van der Waals surface area contributed by atoms with Gasteiger partial charge in [-0.3, -0.25) is 9.69 Å². The number of carbonyl (C=O) groups excluding carboxylic acids is 1. The lowest BCUT2D eigenvalue weighted by atomic mass is 10.2. The van der Waals surface area contributed by atoms with Crippen molar-refractivity contribution >= 4 is 17.3 Å². The minimum Gasteiger partial charge on any atom is -0.399 e. The third-order valence-corrected chi connectivity index (χ3v) is 2.95. The first-order valence-electron chi connectivity index (χ1n) is 6.34. The SMILES string of the molecule is COCCCN(C)CC(=O)N(C)c1ccc(N)cc1. The van der Waals surface area contributed by atoms with Gasteiger partial charge in [0.25, 0.3) is 0 Å². The number of likely N-dealkylation sites (N-methyl/N-ethyl adjacent to an activating group) is 2. The molecule has 0 radical (unpaired) electrons. The van der Waals surface area contributed by atoms with Gasteiger partial charge in [0.05, 0.1) is 6.54 Å². The third kappa shape index (κ3) is 5.28. The molecule has 0 aliphatic heterocycles. The van der Waals surface area contributed by atoms with E-state index in [-0.39, 0.29) is 5.91 Å². The minimum atomic E-state index is 0.0599. The number of rotatable bonds is 7. The maximum absolute atomic E-state index is 12.1. The second-order valence-electron chi connectivity index (χ2n) is 4.63. The number of methoxy groups -OCH3 is 1. The monoisotopic (exact) mass is 265 g/mol. The van der Waals surface area contributed by atoms with E-state index in [0.717, 1.165) is 18.7 Å². The molecule has 0 heterocycles. The molecule has 1 aromatic rings. The Kier molecular flexibility index (Phi) is 6.32. The molecule has 0 atom stereocenters. The van der Waals surface area contributed by atoms with Gasteiger partial charge in [-0.2, -0.15) is 0 Å². The first-order valence-corrected chi connectivity index (χ1v) is 6.34. The van der Waals surface area contributed by atoms with Crippen molar-refractivity contribution < 1.29 is 9.53 Å². The largest absolute Gasteiger partial charge is 0.399 e. The van der Waals surface area contributed by atoms with Crippen LogP contribution in [0.3, 0.4) is 0 Å². The van der Waals surface area contributed by atoms with E-state index < -0.39 is 0 Å². The van der Waals surface area contributed by atoms with Gasteiger partial charge in [0.2, 0.25) is 5.91 Å². The number of nitrogens with zero attached hydrogens (tertiary/aromatic N) is 2. The second kappa shape index (κ2) is 7.76. The summed E-state index contributed by atoms with van der Waals surface area (Å²) in [5.41, 5.74) is 7.18. The summed E-state index contributed by atoms with van der Waals surface area (Å²) in [7, 11) is 5.39. The van der Waals surface area contributed by atoms with E-state index in [2.05, 4.69) is 0 Å². The van der Waals surface area contributed by atoms with Gasteiger partial charge in [0, 0.05) is 38.7 Å². The van der Waals surface area contributed by atoms with Crippen LogP contribution in [-0.4, -0.2) is 51.7 Å². The van der Waals surface area contributed by atoms with Crippen LogP contribution in [0.15, 0.2) is 24.3 Å². The zero-order chi connectivity index (χ0) is 14.3. The Morgan fingerprint density at radius 2 is 1.89 bits per heavy atom. The molecule has 5 nitrogen and oxygen atoms in total. The van der Waals surface area contributed by atoms with Crippen LogP contribution >= 0.6 is 0 Å². The van der Waals surface area contributed by atoms with Gasteiger partial charge in [-0.1, -0.05) is 0 Å². The van der Waals surface area contributed by atoms with Crippen molar-refractivity contribution in [3.05, 3.63) is 24.3 Å². The van der Waals surface area contributed by atoms with Crippen LogP contribution in [-0.2, 0) is 9.53 Å². The van der Waals surface area contributed by atoms with Crippen molar-refractivity contribution in [1.29, 1.82) is 0 Å². The molecule has 0 aliphatic carbocycles. The first-order chi connectivity index (χ1) is 9.04. The highest BCUT2D eigenvalue weighted by Crippen LogP contribution is 2.14. The van der Waals surface area contributed by atoms with Crippen LogP contribution in [0.1, 0.15) is 6.42 Å². The summed E-state index contributed by atoms with van der Waals surface area (Å²) in [5, 5.41) is 0. The topological polar surface area (TPSA) is 58.8 Å². The van der Waals surface area contributed by atoms with Gasteiger partial charge in [0.1, 0.15) is 0 Å². The summed E-state index contributed by atoms with van der Waals surface area (Å²) >= 11 is 0. The van der Waals surface area contributed by atoms with Crippen molar-refractivity contribution in [3.63, 3.8) is 0 Å². The molecule has 1 aromatic carbocycles. The Hall–Kier alpha value is -1.59. The minimum absolute atomic E-state index is 0.0599. The molecule has 19 heavy (non-hydrogen) atoms. The Balaban J connectivity index is 2.46. The third-order valence-electron chi connectivity index (χ3n) is 2.95. The standard InChI is InChI=1S/C14H23N3O2/c1-16(9-4-10-19-3)11-14(18)17(2)13-7-5-12(15)6-8-13/h5-8H,4,9-11,15H2,1-3H3. The van der Waals surface area contributed by atoms with Crippen LogP contribution < -0.4 is 10.6 Å². The van der Waals surface area contributed by atoms with Gasteiger partial charge in [-0.05, 0) is 37.7 Å². The summed E-state index contributed by atoms with van der Waals surface area (Å²) in [5.74, 6) is 0.0599. The smallest absolute Gasteiger partial charge is 0.240 e. The highest BCUT2D eigenvalue weighted by molar-refractivity contribution is 5.94. The lowest BCUT2D eigenvalue weighted by molar-refractivity contribution is -0.119. The molecule has 0 fully saturated rings. The van der Waals surface area contributed by atoms with E-state index in [1.54, 1.807) is 31.2 Å². The van der Waals surface area contributed by atoms with E-state index in [1.807, 2.05) is 24.1 Å². The van der Waals surface area contributed by atoms with E-state index in [4.69, 9.17) is 10.5 Å². The molecule has 1 amide bonds. The Morgan fingerprint density at radius 3 is 2.47 bits per heavy atom. The number of nitrogen functional groups attached to an aromatic ring is 1. The molecular formula is C14H23N3O2. The Labute approximate surface area is 114 Å². The molecule has 0 unspecified atom stereocenters. The summed E-state index contributed by atoms with van der Waals surface area (Å²) in [6.45, 7) is 1.95. The molecule has 0 aliphatic rings. The van der Waals surface area contributed by atoms with Gasteiger partial charge in [-0.15, -0.1) is 0 Å². The number of carbonyl (C=O) groups is 1. The van der Waals surface area contributed by atoms with E-state index in [0.29, 0.717) is 18.8 Å². The molecule has 0 bridgehead atoms. The quantitative estimate of drug-likeness (QED) is 0.594. The van der Waals surface area contributed by atoms with Crippen LogP contribution in [0.25, 0.3) is 0 Å². The summed E-state index contributed by atoms with van der Waals surface area (Å²) < 4.78 is 4.99. The van der Waals surface area contributed by atoms with Crippen molar-refractivity contribution in [2.24, 2.45) is 0 Å². The Morgan fingerprint density at radius 1 is 1.26 bits per heavy atom. The van der Waals surface area contributed by atoms with E-state index in [9.17, 15) is 4.79 Å². The fourth-order valence-electron chi connectivity index (χ4n) is 1.74. The lowest BCUT2D eigenvalue weighted by Crippen LogP contribution is -2.37. The summed E-state index contributed by atoms with van der Waals surface area (Å²) in [6.07, 6.45) is 0.922. The molecule has 0 saturated heterocycles. The van der Waals surface area contributed by atoms with Crippen molar-refractivity contribution in [1.82, 2.24) is 4.90 Å². The lowest BCUT2D eigenvalue weighted by Gasteiger charge is -2.22. The average Bonchev–Trinajstić information content (AvgIpc) is 2.39. The average molecular weight is 265 g/mol. The molecule has 0 aromatic heterocycles. The number of benzene rings is 1. The van der Waals surface area contributed by atoms with E-state index in [1.165, 1.54) is 0 Å². The van der Waals surface area contributed by atoms with Crippen molar-refractivity contribution in [3.8, 4) is 0 Å². The summed E-state index contributed by atoms with van der Waals surface area (Å²) in [6, 6.07) is 7.28. The maximum atomic E-state index is 12.1. The second-order valence-corrected chi connectivity index (χ2v) is 4.63. The normalized spacial score (nSPS) is 10.7. The van der Waals surface area contributed by atoms with Crippen LogP contribution in [0.5, 0.6) is 0 Å². The van der Waals surface area contributed by atoms with Gasteiger partial charge in [0.15, 0.2) is 0 Å². The number of amides is 1. The number of nitrogens with two attached hydrogens (primary N) is 1. The highest BCUT2D eigenvalue weighted by atomic mass is 16.5. The first kappa shape index (κ1) is 15.5. The molecule has 5 heteroatoms. The van der Waals surface area contributed by atoms with Crippen LogP contribution in [0, 0.1) is 0 Å². The van der Waals surface area contributed by atoms with Crippen LogP contribution in [0.2, 0.25) is 0 Å². The number of hydrogen-bond acceptors (Lipinski definition) is 4. The number of anilines is 2. The highest BCUT2D eigenvalue weighted by Gasteiger charge is 2.12. The predicted octanol–water partition coefficient (Wildman–Crippen LogP) is 1.20.